The van der Waals surface area contributed by atoms with Crippen molar-refractivity contribution < 1.29 is 28.6 Å². The van der Waals surface area contributed by atoms with Crippen LogP contribution in [0.25, 0.3) is 0 Å². The van der Waals surface area contributed by atoms with Crippen LogP contribution in [0, 0.1) is 5.82 Å². The third-order valence-electron chi connectivity index (χ3n) is 2.24. The number of nitrogens with two attached hydrogens (primary N) is 1. The van der Waals surface area contributed by atoms with Crippen LogP contribution in [0.1, 0.15) is 10.4 Å². The molecular weight excluding hydrogens is 285 g/mol. The summed E-state index contributed by atoms with van der Waals surface area (Å²) >= 11 is 0. The lowest BCUT2D eigenvalue weighted by atomic mass is 10.2. The van der Waals surface area contributed by atoms with Gasteiger partial charge in [-0.3, -0.25) is 4.79 Å². The Morgan fingerprint density at radius 2 is 2.05 bits per heavy atom. The van der Waals surface area contributed by atoms with Crippen molar-refractivity contribution in [3.63, 3.8) is 0 Å². The van der Waals surface area contributed by atoms with Crippen LogP contribution in [0.3, 0.4) is 0 Å². The first-order valence-corrected chi connectivity index (χ1v) is 5.84. The first kappa shape index (κ1) is 16.4. The second kappa shape index (κ2) is 7.80. The summed E-state index contributed by atoms with van der Waals surface area (Å²) in [4.78, 5) is 32.8. The summed E-state index contributed by atoms with van der Waals surface area (Å²) in [7, 11) is 0. The minimum absolute atomic E-state index is 0.0469. The number of anilines is 1. The number of hydrogen-bond acceptors (Lipinski definition) is 4. The lowest BCUT2D eigenvalue weighted by Gasteiger charge is -2.10. The zero-order valence-electron chi connectivity index (χ0n) is 10.9. The number of halogens is 1. The highest BCUT2D eigenvalue weighted by Gasteiger charge is 2.13. The van der Waals surface area contributed by atoms with E-state index in [4.69, 9.17) is 15.6 Å². The highest BCUT2D eigenvalue weighted by atomic mass is 19.1. The molecule has 1 rings (SSSR count). The van der Waals surface area contributed by atoms with E-state index in [-0.39, 0.29) is 31.0 Å². The number of carbonyl (C=O) groups is 3. The van der Waals surface area contributed by atoms with Crippen LogP contribution in [-0.2, 0) is 9.53 Å². The fraction of sp³-hybridized carbons (Fsp3) is 0.250. The van der Waals surface area contributed by atoms with E-state index < -0.39 is 23.7 Å². The minimum atomic E-state index is -1.30. The van der Waals surface area contributed by atoms with E-state index in [0.717, 1.165) is 18.2 Å². The van der Waals surface area contributed by atoms with Gasteiger partial charge in [0.25, 0.3) is 0 Å². The lowest BCUT2D eigenvalue weighted by Crippen LogP contribution is -2.32. The Kier molecular flexibility index (Phi) is 6.08. The van der Waals surface area contributed by atoms with Crippen molar-refractivity contribution in [1.82, 2.24) is 5.32 Å². The number of carbonyl (C=O) groups excluding carboxylic acids is 2. The number of nitrogens with one attached hydrogen (secondary N) is 2. The van der Waals surface area contributed by atoms with Crippen molar-refractivity contribution >= 4 is 23.6 Å². The van der Waals surface area contributed by atoms with Crippen LogP contribution in [-0.4, -0.2) is 42.8 Å². The second-order valence-electron chi connectivity index (χ2n) is 3.89. The summed E-state index contributed by atoms with van der Waals surface area (Å²) in [5.41, 5.74) is 4.43. The molecule has 3 amide bonds. The zero-order valence-corrected chi connectivity index (χ0v) is 10.9. The SMILES string of the molecule is NC(=O)COCCNC(=O)Nc1cc(F)ccc1C(=O)O. The van der Waals surface area contributed by atoms with Crippen LogP contribution in [0.5, 0.6) is 0 Å². The Morgan fingerprint density at radius 1 is 1.33 bits per heavy atom. The number of amides is 3. The Labute approximate surface area is 119 Å². The Balaban J connectivity index is 2.49. The van der Waals surface area contributed by atoms with E-state index in [9.17, 15) is 18.8 Å². The molecule has 0 aliphatic rings. The topological polar surface area (TPSA) is 131 Å². The van der Waals surface area contributed by atoms with Gasteiger partial charge in [0.05, 0.1) is 17.9 Å². The number of carboxylic acid groups (broad SMARTS) is 1. The number of hydrogen-bond donors (Lipinski definition) is 4. The fourth-order valence-electron chi connectivity index (χ4n) is 1.38. The zero-order chi connectivity index (χ0) is 15.8. The first-order chi connectivity index (χ1) is 9.90. The van der Waals surface area contributed by atoms with Crippen LogP contribution in [0.2, 0.25) is 0 Å². The van der Waals surface area contributed by atoms with E-state index in [2.05, 4.69) is 10.6 Å². The molecule has 0 spiro atoms. The van der Waals surface area contributed by atoms with Crippen molar-refractivity contribution in [2.75, 3.05) is 25.1 Å². The molecule has 0 fully saturated rings. The largest absolute Gasteiger partial charge is 0.478 e. The number of urea groups is 1. The second-order valence-corrected chi connectivity index (χ2v) is 3.89. The Bertz CT molecular complexity index is 550. The maximum absolute atomic E-state index is 13.1. The molecule has 0 heterocycles. The predicted molar refractivity (Wildman–Crippen MR) is 70.4 cm³/mol. The Hall–Kier alpha value is -2.68. The quantitative estimate of drug-likeness (QED) is 0.532. The lowest BCUT2D eigenvalue weighted by molar-refractivity contribution is -0.122. The van der Waals surface area contributed by atoms with E-state index in [0.29, 0.717) is 0 Å². The number of benzene rings is 1. The van der Waals surface area contributed by atoms with Crippen LogP contribution < -0.4 is 16.4 Å². The number of carboxylic acids is 1. The molecule has 0 aliphatic carbocycles. The molecule has 1 aromatic carbocycles. The van der Waals surface area contributed by atoms with Gasteiger partial charge in [-0.15, -0.1) is 0 Å². The summed E-state index contributed by atoms with van der Waals surface area (Å²) in [5.74, 6) is -2.61. The summed E-state index contributed by atoms with van der Waals surface area (Å²) < 4.78 is 17.9. The molecule has 0 saturated heterocycles. The average Bonchev–Trinajstić information content (AvgIpc) is 2.37. The predicted octanol–water partition coefficient (Wildman–Crippen LogP) is 0.147. The minimum Gasteiger partial charge on any atom is -0.478 e. The van der Waals surface area contributed by atoms with Gasteiger partial charge in [0, 0.05) is 6.54 Å². The Morgan fingerprint density at radius 3 is 2.67 bits per heavy atom. The molecule has 0 aliphatic heterocycles. The molecule has 1 aromatic rings. The molecule has 0 aromatic heterocycles. The molecule has 21 heavy (non-hydrogen) atoms. The van der Waals surface area contributed by atoms with E-state index in [1.807, 2.05) is 0 Å². The first-order valence-electron chi connectivity index (χ1n) is 5.84. The average molecular weight is 299 g/mol. The van der Waals surface area contributed by atoms with Crippen molar-refractivity contribution in [1.29, 1.82) is 0 Å². The van der Waals surface area contributed by atoms with E-state index in [1.165, 1.54) is 0 Å². The van der Waals surface area contributed by atoms with E-state index in [1.54, 1.807) is 0 Å². The summed E-state index contributed by atoms with van der Waals surface area (Å²) in [6, 6.07) is 2.19. The van der Waals surface area contributed by atoms with Gasteiger partial charge in [-0.25, -0.2) is 14.0 Å². The van der Waals surface area contributed by atoms with Crippen LogP contribution >= 0.6 is 0 Å². The molecule has 0 unspecified atom stereocenters. The molecular formula is C12H14FN3O5. The van der Waals surface area contributed by atoms with Crippen molar-refractivity contribution in [2.45, 2.75) is 0 Å². The molecule has 5 N–H and O–H groups in total. The number of primary amides is 1. The fourth-order valence-corrected chi connectivity index (χ4v) is 1.38. The number of ether oxygens (including phenoxy) is 1. The smallest absolute Gasteiger partial charge is 0.337 e. The molecule has 9 heteroatoms. The number of aromatic carboxylic acids is 1. The maximum Gasteiger partial charge on any atom is 0.337 e. The van der Waals surface area contributed by atoms with Gasteiger partial charge >= 0.3 is 12.0 Å². The highest BCUT2D eigenvalue weighted by Crippen LogP contribution is 2.17. The van der Waals surface area contributed by atoms with Gasteiger partial charge in [0.2, 0.25) is 5.91 Å². The third-order valence-corrected chi connectivity index (χ3v) is 2.24. The van der Waals surface area contributed by atoms with Crippen molar-refractivity contribution in [2.24, 2.45) is 5.73 Å². The van der Waals surface area contributed by atoms with Crippen LogP contribution in [0.15, 0.2) is 18.2 Å². The molecule has 0 atom stereocenters. The molecule has 8 nitrogen and oxygen atoms in total. The van der Waals surface area contributed by atoms with Crippen molar-refractivity contribution in [3.05, 3.63) is 29.6 Å². The van der Waals surface area contributed by atoms with Crippen LogP contribution in [0.4, 0.5) is 14.9 Å². The summed E-state index contributed by atoms with van der Waals surface area (Å²) in [6.07, 6.45) is 0. The standard InChI is InChI=1S/C12H14FN3O5/c13-7-1-2-8(11(18)19)9(5-7)16-12(20)15-3-4-21-6-10(14)17/h1-2,5H,3-4,6H2,(H2,14,17)(H,18,19)(H2,15,16,20). The third kappa shape index (κ3) is 5.87. The van der Waals surface area contributed by atoms with Gasteiger partial charge < -0.3 is 26.2 Å². The van der Waals surface area contributed by atoms with Gasteiger partial charge in [-0.05, 0) is 18.2 Å². The monoisotopic (exact) mass is 299 g/mol. The van der Waals surface area contributed by atoms with Gasteiger partial charge in [-0.2, -0.15) is 0 Å². The van der Waals surface area contributed by atoms with Gasteiger partial charge in [0.1, 0.15) is 12.4 Å². The molecule has 114 valence electrons. The van der Waals surface area contributed by atoms with Crippen molar-refractivity contribution in [3.8, 4) is 0 Å². The molecule has 0 radical (unpaired) electrons. The van der Waals surface area contributed by atoms with E-state index >= 15 is 0 Å². The number of rotatable bonds is 7. The summed E-state index contributed by atoms with van der Waals surface area (Å²) in [5, 5.41) is 13.5. The maximum atomic E-state index is 13.1. The molecule has 0 bridgehead atoms. The normalized spacial score (nSPS) is 9.95. The summed E-state index contributed by atoms with van der Waals surface area (Å²) in [6.45, 7) is -0.154. The van der Waals surface area contributed by atoms with Gasteiger partial charge in [0.15, 0.2) is 0 Å². The van der Waals surface area contributed by atoms with Gasteiger partial charge in [-0.1, -0.05) is 0 Å². The molecule has 0 saturated carbocycles. The highest BCUT2D eigenvalue weighted by molar-refractivity contribution is 5.99.